The molecule has 19 heavy (non-hydrogen) atoms. The molecule has 0 spiro atoms. The summed E-state index contributed by atoms with van der Waals surface area (Å²) < 4.78 is 0. The second kappa shape index (κ2) is 5.05. The van der Waals surface area contributed by atoms with Gasteiger partial charge in [-0.25, -0.2) is 0 Å². The highest BCUT2D eigenvalue weighted by Gasteiger charge is 2.30. The molecular weight excluding hydrogens is 240 g/mol. The van der Waals surface area contributed by atoms with Gasteiger partial charge in [0, 0.05) is 5.70 Å². The van der Waals surface area contributed by atoms with Crippen LogP contribution in [-0.4, -0.2) is 16.6 Å². The molecule has 0 saturated heterocycles. The molecule has 0 radical (unpaired) electrons. The number of aliphatic hydroxyl groups is 1. The molecule has 1 fully saturated rings. The van der Waals surface area contributed by atoms with Gasteiger partial charge in [0.25, 0.3) is 5.91 Å². The summed E-state index contributed by atoms with van der Waals surface area (Å²) in [5.74, 6) is -0.425. The lowest BCUT2D eigenvalue weighted by Gasteiger charge is -2.24. The van der Waals surface area contributed by atoms with Crippen LogP contribution >= 0.6 is 0 Å². The van der Waals surface area contributed by atoms with E-state index in [1.165, 1.54) is 19.4 Å². The van der Waals surface area contributed by atoms with Gasteiger partial charge in [-0.05, 0) is 37.8 Å². The van der Waals surface area contributed by atoms with Crippen molar-refractivity contribution in [3.63, 3.8) is 0 Å². The average Bonchev–Trinajstić information content (AvgIpc) is 3.19. The molecule has 0 heterocycles. The van der Waals surface area contributed by atoms with E-state index < -0.39 is 11.5 Å². The van der Waals surface area contributed by atoms with Gasteiger partial charge in [-0.15, -0.1) is 0 Å². The van der Waals surface area contributed by atoms with E-state index in [1.54, 1.807) is 0 Å². The first-order valence-electron chi connectivity index (χ1n) is 6.45. The fourth-order valence-corrected chi connectivity index (χ4v) is 1.85. The number of hydrogen-bond acceptors (Lipinski definition) is 3. The minimum absolute atomic E-state index is 0.363. The first-order valence-corrected chi connectivity index (χ1v) is 6.45. The Morgan fingerprint density at radius 3 is 2.37 bits per heavy atom. The number of nitrogens with one attached hydrogen (secondary N) is 1. The third-order valence-electron chi connectivity index (χ3n) is 3.18. The minimum atomic E-state index is -1.42. The normalized spacial score (nSPS) is 15.8. The molecular formula is C15H20N2O2. The zero-order valence-electron chi connectivity index (χ0n) is 11.3. The van der Waals surface area contributed by atoms with E-state index in [1.807, 2.05) is 30.3 Å². The summed E-state index contributed by atoms with van der Waals surface area (Å²) in [4.78, 5) is 12.0. The first kappa shape index (κ1) is 13.6. The average molecular weight is 260 g/mol. The Labute approximate surface area is 113 Å². The highest BCUT2D eigenvalue weighted by Crippen LogP contribution is 2.34. The van der Waals surface area contributed by atoms with Gasteiger partial charge < -0.3 is 16.2 Å². The number of amides is 1. The summed E-state index contributed by atoms with van der Waals surface area (Å²) >= 11 is 0. The third-order valence-corrected chi connectivity index (χ3v) is 3.18. The predicted octanol–water partition coefficient (Wildman–Crippen LogP) is 1.62. The lowest BCUT2D eigenvalue weighted by molar-refractivity contribution is -0.137. The highest BCUT2D eigenvalue weighted by molar-refractivity contribution is 5.84. The second-order valence-corrected chi connectivity index (χ2v) is 5.44. The molecule has 1 aromatic carbocycles. The molecule has 102 valence electrons. The van der Waals surface area contributed by atoms with Crippen LogP contribution in [0.4, 0.5) is 0 Å². The molecule has 0 aromatic heterocycles. The van der Waals surface area contributed by atoms with Gasteiger partial charge in [-0.1, -0.05) is 30.3 Å². The second-order valence-electron chi connectivity index (χ2n) is 5.44. The number of benzene rings is 1. The van der Waals surface area contributed by atoms with Crippen LogP contribution in [0.2, 0.25) is 0 Å². The number of hydrogen-bond donors (Lipinski definition) is 3. The molecule has 0 bridgehead atoms. The number of carbonyl (C=O) groups is 1. The van der Waals surface area contributed by atoms with Crippen LogP contribution in [0.1, 0.15) is 38.3 Å². The molecule has 1 atom stereocenters. The molecule has 1 amide bonds. The van der Waals surface area contributed by atoms with Crippen molar-refractivity contribution in [1.29, 1.82) is 0 Å². The van der Waals surface area contributed by atoms with E-state index >= 15 is 0 Å². The van der Waals surface area contributed by atoms with Crippen LogP contribution in [0.25, 0.3) is 0 Å². The highest BCUT2D eigenvalue weighted by atomic mass is 16.3. The Balaban J connectivity index is 2.26. The van der Waals surface area contributed by atoms with Gasteiger partial charge in [-0.2, -0.15) is 0 Å². The van der Waals surface area contributed by atoms with Crippen LogP contribution in [0.3, 0.4) is 0 Å². The topological polar surface area (TPSA) is 75.3 Å². The van der Waals surface area contributed by atoms with Crippen molar-refractivity contribution in [3.05, 3.63) is 47.2 Å². The Kier molecular flexibility index (Phi) is 3.62. The van der Waals surface area contributed by atoms with Crippen LogP contribution in [-0.2, 0) is 4.79 Å². The summed E-state index contributed by atoms with van der Waals surface area (Å²) in [5.41, 5.74) is 7.53. The minimum Gasteiger partial charge on any atom is -0.400 e. The number of carbonyl (C=O) groups excluding carboxylic acids is 1. The number of rotatable bonds is 4. The Bertz CT molecular complexity index is 495. The van der Waals surface area contributed by atoms with Crippen LogP contribution < -0.4 is 11.1 Å². The Morgan fingerprint density at radius 1 is 1.32 bits per heavy atom. The lowest BCUT2D eigenvalue weighted by atomic mass is 10.0. The predicted molar refractivity (Wildman–Crippen MR) is 74.1 cm³/mol. The lowest BCUT2D eigenvalue weighted by Crippen LogP contribution is -2.44. The van der Waals surface area contributed by atoms with Gasteiger partial charge >= 0.3 is 0 Å². The summed E-state index contributed by atoms with van der Waals surface area (Å²) in [7, 11) is 0. The molecule has 0 aliphatic heterocycles. The van der Waals surface area contributed by atoms with Gasteiger partial charge in [0.05, 0.1) is 6.04 Å². The zero-order chi connectivity index (χ0) is 14.0. The zero-order valence-corrected chi connectivity index (χ0v) is 11.3. The van der Waals surface area contributed by atoms with Crippen molar-refractivity contribution in [2.75, 3.05) is 0 Å². The number of allylic oxidation sites excluding steroid dienone is 1. The molecule has 1 saturated carbocycles. The monoisotopic (exact) mass is 260 g/mol. The van der Waals surface area contributed by atoms with E-state index in [4.69, 9.17) is 5.73 Å². The van der Waals surface area contributed by atoms with E-state index in [-0.39, 0.29) is 6.04 Å². The van der Waals surface area contributed by atoms with Gasteiger partial charge in [-0.3, -0.25) is 4.79 Å². The fraction of sp³-hybridized carbons (Fsp3) is 0.400. The van der Waals surface area contributed by atoms with Crippen molar-refractivity contribution in [3.8, 4) is 0 Å². The molecule has 4 N–H and O–H groups in total. The van der Waals surface area contributed by atoms with E-state index in [0.29, 0.717) is 5.70 Å². The van der Waals surface area contributed by atoms with Gasteiger partial charge in [0.1, 0.15) is 5.60 Å². The molecule has 4 heteroatoms. The maximum absolute atomic E-state index is 12.0. The summed E-state index contributed by atoms with van der Waals surface area (Å²) in [6.07, 6.45) is 1.99. The van der Waals surface area contributed by atoms with Crippen LogP contribution in [0.5, 0.6) is 0 Å². The van der Waals surface area contributed by atoms with Crippen LogP contribution in [0, 0.1) is 0 Å². The fourth-order valence-electron chi connectivity index (χ4n) is 1.85. The maximum Gasteiger partial charge on any atom is 0.252 e. The quantitative estimate of drug-likeness (QED) is 0.770. The third kappa shape index (κ3) is 3.35. The molecule has 1 unspecified atom stereocenters. The first-order chi connectivity index (χ1) is 8.89. The molecule has 1 aliphatic rings. The van der Waals surface area contributed by atoms with Crippen molar-refractivity contribution in [2.24, 2.45) is 5.73 Å². The van der Waals surface area contributed by atoms with Gasteiger partial charge in [0.2, 0.25) is 0 Å². The van der Waals surface area contributed by atoms with E-state index in [2.05, 4.69) is 5.32 Å². The largest absolute Gasteiger partial charge is 0.400 e. The van der Waals surface area contributed by atoms with E-state index in [0.717, 1.165) is 18.4 Å². The standard InChI is InChI=1S/C15H20N2O2/c1-15(2,19)14(18)17-13(12(16)10-8-9-10)11-6-4-3-5-7-11/h3-7,13,19H,8-9,16H2,1-2H3,(H,17,18). The van der Waals surface area contributed by atoms with E-state index in [9.17, 15) is 9.90 Å². The SMILES string of the molecule is CC(C)(O)C(=O)NC(C(N)=C1CC1)c1ccccc1. The van der Waals surface area contributed by atoms with Crippen molar-refractivity contribution >= 4 is 5.91 Å². The van der Waals surface area contributed by atoms with Crippen LogP contribution in [0.15, 0.2) is 41.6 Å². The molecule has 4 nitrogen and oxygen atoms in total. The van der Waals surface area contributed by atoms with Crippen molar-refractivity contribution in [1.82, 2.24) is 5.32 Å². The van der Waals surface area contributed by atoms with Gasteiger partial charge in [0.15, 0.2) is 0 Å². The summed E-state index contributed by atoms with van der Waals surface area (Å²) in [6.45, 7) is 2.93. The smallest absolute Gasteiger partial charge is 0.252 e. The molecule has 1 aromatic rings. The Morgan fingerprint density at radius 2 is 1.89 bits per heavy atom. The van der Waals surface area contributed by atoms with Crippen molar-refractivity contribution < 1.29 is 9.90 Å². The maximum atomic E-state index is 12.0. The summed E-state index contributed by atoms with van der Waals surface area (Å²) in [5, 5.41) is 12.6. The van der Waals surface area contributed by atoms with Crippen molar-refractivity contribution in [2.45, 2.75) is 38.3 Å². The number of nitrogens with two attached hydrogens (primary N) is 1. The molecule has 2 rings (SSSR count). The summed E-state index contributed by atoms with van der Waals surface area (Å²) in [6, 6.07) is 9.21. The Hall–Kier alpha value is -1.81. The molecule has 1 aliphatic carbocycles.